The normalized spacial score (nSPS) is 17.7. The van der Waals surface area contributed by atoms with Crippen LogP contribution >= 0.6 is 12.4 Å². The molecule has 1 atom stereocenters. The number of rotatable bonds is 5. The van der Waals surface area contributed by atoms with Gasteiger partial charge in [0, 0.05) is 32.7 Å². The van der Waals surface area contributed by atoms with E-state index in [1.54, 1.807) is 0 Å². The molecule has 1 saturated heterocycles. The van der Waals surface area contributed by atoms with Gasteiger partial charge in [0.15, 0.2) is 5.82 Å². The first-order valence-corrected chi connectivity index (χ1v) is 9.28. The lowest BCUT2D eigenvalue weighted by atomic mass is 10.1. The molecule has 144 valence electrons. The molecule has 6 nitrogen and oxygen atoms in total. The summed E-state index contributed by atoms with van der Waals surface area (Å²) in [5, 5.41) is 12.6. The molecule has 0 N–H and O–H groups in total. The Balaban J connectivity index is 0.00000243. The lowest BCUT2D eigenvalue weighted by Crippen LogP contribution is -2.48. The molecular weight excluding hydrogens is 348 g/mol. The fourth-order valence-electron chi connectivity index (χ4n) is 3.56. The van der Waals surface area contributed by atoms with E-state index in [0.29, 0.717) is 0 Å². The SMILES string of the molecule is CCC(c1nnnn1C(C)(C)C)N1CCN(Cc2ccccc2)CC1.Cl. The molecule has 3 rings (SSSR count). The van der Waals surface area contributed by atoms with Crippen LogP contribution in [0.15, 0.2) is 30.3 Å². The minimum Gasteiger partial charge on any atom is -0.297 e. The Morgan fingerprint density at radius 2 is 1.69 bits per heavy atom. The van der Waals surface area contributed by atoms with Crippen molar-refractivity contribution >= 4 is 12.4 Å². The second kappa shape index (κ2) is 8.93. The van der Waals surface area contributed by atoms with Crippen LogP contribution in [0.4, 0.5) is 0 Å². The predicted molar refractivity (Wildman–Crippen MR) is 106 cm³/mol. The Morgan fingerprint density at radius 1 is 1.04 bits per heavy atom. The molecule has 7 heteroatoms. The van der Waals surface area contributed by atoms with Crippen LogP contribution in [0.1, 0.15) is 51.5 Å². The van der Waals surface area contributed by atoms with Crippen LogP contribution in [0.25, 0.3) is 0 Å². The number of nitrogens with zero attached hydrogens (tertiary/aromatic N) is 6. The molecule has 1 aromatic heterocycles. The van der Waals surface area contributed by atoms with Gasteiger partial charge in [0.1, 0.15) is 0 Å². The summed E-state index contributed by atoms with van der Waals surface area (Å²) in [5.41, 5.74) is 1.29. The van der Waals surface area contributed by atoms with Crippen LogP contribution < -0.4 is 0 Å². The quantitative estimate of drug-likeness (QED) is 0.800. The van der Waals surface area contributed by atoms with Crippen LogP contribution in [0, 0.1) is 0 Å². The van der Waals surface area contributed by atoms with Crippen molar-refractivity contribution in [3.63, 3.8) is 0 Å². The van der Waals surface area contributed by atoms with Crippen molar-refractivity contribution in [3.8, 4) is 0 Å². The first kappa shape index (κ1) is 20.8. The number of halogens is 1. The van der Waals surface area contributed by atoms with Gasteiger partial charge in [-0.15, -0.1) is 17.5 Å². The molecule has 0 aliphatic carbocycles. The van der Waals surface area contributed by atoms with Crippen molar-refractivity contribution in [1.29, 1.82) is 0 Å². The minimum absolute atomic E-state index is 0. The zero-order valence-corrected chi connectivity index (χ0v) is 17.1. The fourth-order valence-corrected chi connectivity index (χ4v) is 3.56. The number of hydrogen-bond acceptors (Lipinski definition) is 5. The molecule has 1 aliphatic heterocycles. The van der Waals surface area contributed by atoms with E-state index < -0.39 is 0 Å². The molecule has 1 aliphatic rings. The standard InChI is InChI=1S/C19H30N6.ClH/c1-5-17(18-20-21-22-25(18)19(2,3)4)24-13-11-23(12-14-24)15-16-9-7-6-8-10-16;/h6-10,17H,5,11-15H2,1-4H3;1H. The van der Waals surface area contributed by atoms with Gasteiger partial charge < -0.3 is 0 Å². The maximum atomic E-state index is 4.36. The minimum atomic E-state index is -0.0958. The zero-order valence-electron chi connectivity index (χ0n) is 16.3. The van der Waals surface area contributed by atoms with Gasteiger partial charge in [0.05, 0.1) is 11.6 Å². The molecule has 0 radical (unpaired) electrons. The Labute approximate surface area is 163 Å². The smallest absolute Gasteiger partial charge is 0.168 e. The molecule has 2 aromatic rings. The Morgan fingerprint density at radius 3 is 2.27 bits per heavy atom. The topological polar surface area (TPSA) is 50.1 Å². The molecule has 0 saturated carbocycles. The van der Waals surface area contributed by atoms with Crippen molar-refractivity contribution in [2.45, 2.75) is 52.2 Å². The first-order valence-electron chi connectivity index (χ1n) is 9.28. The molecule has 26 heavy (non-hydrogen) atoms. The second-order valence-electron chi connectivity index (χ2n) is 7.84. The number of aromatic nitrogens is 4. The molecule has 0 amide bonds. The van der Waals surface area contributed by atoms with E-state index >= 15 is 0 Å². The van der Waals surface area contributed by atoms with Gasteiger partial charge in [0.25, 0.3) is 0 Å². The maximum Gasteiger partial charge on any atom is 0.168 e. The monoisotopic (exact) mass is 378 g/mol. The molecular formula is C19H31ClN6. The van der Waals surface area contributed by atoms with Gasteiger partial charge in [-0.05, 0) is 43.2 Å². The summed E-state index contributed by atoms with van der Waals surface area (Å²) in [7, 11) is 0. The number of tetrazole rings is 1. The van der Waals surface area contributed by atoms with Crippen LogP contribution in [0.5, 0.6) is 0 Å². The Kier molecular flexibility index (Phi) is 7.15. The van der Waals surface area contributed by atoms with Gasteiger partial charge in [0.2, 0.25) is 0 Å². The summed E-state index contributed by atoms with van der Waals surface area (Å²) in [6.45, 7) is 14.0. The van der Waals surface area contributed by atoms with E-state index in [9.17, 15) is 0 Å². The van der Waals surface area contributed by atoms with E-state index in [4.69, 9.17) is 0 Å². The molecule has 2 heterocycles. The lowest BCUT2D eigenvalue weighted by molar-refractivity contribution is 0.0819. The third-order valence-electron chi connectivity index (χ3n) is 4.91. The van der Waals surface area contributed by atoms with Crippen molar-refractivity contribution in [3.05, 3.63) is 41.7 Å². The highest BCUT2D eigenvalue weighted by molar-refractivity contribution is 5.85. The summed E-state index contributed by atoms with van der Waals surface area (Å²) in [6, 6.07) is 11.0. The molecule has 0 spiro atoms. The third-order valence-corrected chi connectivity index (χ3v) is 4.91. The first-order chi connectivity index (χ1) is 12.0. The van der Waals surface area contributed by atoms with Crippen molar-refractivity contribution < 1.29 is 0 Å². The van der Waals surface area contributed by atoms with Crippen molar-refractivity contribution in [2.24, 2.45) is 0 Å². The molecule has 1 aromatic carbocycles. The molecule has 1 fully saturated rings. The van der Waals surface area contributed by atoms with Crippen LogP contribution in [-0.4, -0.2) is 56.2 Å². The molecule has 0 bridgehead atoms. The summed E-state index contributed by atoms with van der Waals surface area (Å²) in [6.07, 6.45) is 1.02. The van der Waals surface area contributed by atoms with Gasteiger partial charge in [-0.25, -0.2) is 4.68 Å². The van der Waals surface area contributed by atoms with Crippen LogP contribution in [0.2, 0.25) is 0 Å². The lowest BCUT2D eigenvalue weighted by Gasteiger charge is -2.39. The Hall–Kier alpha value is -1.50. The zero-order chi connectivity index (χ0) is 17.9. The number of piperazine rings is 1. The summed E-state index contributed by atoms with van der Waals surface area (Å²) >= 11 is 0. The van der Waals surface area contributed by atoms with E-state index in [2.05, 4.69) is 83.4 Å². The molecule has 1 unspecified atom stereocenters. The second-order valence-corrected chi connectivity index (χ2v) is 7.84. The number of hydrogen-bond donors (Lipinski definition) is 0. The highest BCUT2D eigenvalue weighted by Crippen LogP contribution is 2.26. The average Bonchev–Trinajstić information content (AvgIpc) is 3.08. The average molecular weight is 379 g/mol. The summed E-state index contributed by atoms with van der Waals surface area (Å²) in [5.74, 6) is 0.992. The third kappa shape index (κ3) is 4.81. The van der Waals surface area contributed by atoms with Crippen molar-refractivity contribution in [1.82, 2.24) is 30.0 Å². The fraction of sp³-hybridized carbons (Fsp3) is 0.632. The van der Waals surface area contributed by atoms with Crippen LogP contribution in [0.3, 0.4) is 0 Å². The number of benzene rings is 1. The summed E-state index contributed by atoms with van der Waals surface area (Å²) in [4.78, 5) is 5.07. The summed E-state index contributed by atoms with van der Waals surface area (Å²) < 4.78 is 1.98. The largest absolute Gasteiger partial charge is 0.297 e. The van der Waals surface area contributed by atoms with Gasteiger partial charge in [-0.1, -0.05) is 37.3 Å². The van der Waals surface area contributed by atoms with E-state index in [0.717, 1.165) is 45.0 Å². The van der Waals surface area contributed by atoms with Gasteiger partial charge in [-0.3, -0.25) is 9.80 Å². The highest BCUT2D eigenvalue weighted by Gasteiger charge is 2.30. The van der Waals surface area contributed by atoms with Crippen molar-refractivity contribution in [2.75, 3.05) is 26.2 Å². The van der Waals surface area contributed by atoms with Gasteiger partial charge in [-0.2, -0.15) is 0 Å². The van der Waals surface area contributed by atoms with Crippen LogP contribution in [-0.2, 0) is 12.1 Å². The highest BCUT2D eigenvalue weighted by atomic mass is 35.5. The van der Waals surface area contributed by atoms with E-state index in [-0.39, 0.29) is 24.0 Å². The Bertz CT molecular complexity index is 658. The predicted octanol–water partition coefficient (Wildman–Crippen LogP) is 3.12. The van der Waals surface area contributed by atoms with Gasteiger partial charge >= 0.3 is 0 Å². The van der Waals surface area contributed by atoms with E-state index in [1.165, 1.54) is 5.56 Å². The maximum absolute atomic E-state index is 4.36. The van der Waals surface area contributed by atoms with E-state index in [1.807, 2.05) is 4.68 Å².